The summed E-state index contributed by atoms with van der Waals surface area (Å²) in [5.41, 5.74) is 1.00. The molecule has 3 rings (SSSR count). The number of allylic oxidation sites excluding steroid dienone is 1. The van der Waals surface area contributed by atoms with E-state index in [-0.39, 0.29) is 17.6 Å². The largest absolute Gasteiger partial charge is 0.381 e. The van der Waals surface area contributed by atoms with Crippen LogP contribution in [0.5, 0.6) is 0 Å². The van der Waals surface area contributed by atoms with Crippen LogP contribution < -0.4 is 0 Å². The monoisotopic (exact) mass is 419 g/mol. The van der Waals surface area contributed by atoms with Gasteiger partial charge in [0.15, 0.2) is 5.78 Å². The van der Waals surface area contributed by atoms with Crippen LogP contribution in [0.2, 0.25) is 0 Å². The molecule has 26 heavy (non-hydrogen) atoms. The number of halogens is 1. The molecule has 0 unspecified atom stereocenters. The zero-order chi connectivity index (χ0) is 18.4. The van der Waals surface area contributed by atoms with Crippen molar-refractivity contribution in [2.75, 3.05) is 26.3 Å². The SMILES string of the molecule is O=C(/C=C/c1ccccc1Br)C1CCN(C(=O)CC2CCOCC2)CC1. The van der Waals surface area contributed by atoms with E-state index in [1.165, 1.54) is 0 Å². The van der Waals surface area contributed by atoms with Gasteiger partial charge in [0, 0.05) is 43.1 Å². The molecule has 0 spiro atoms. The lowest BCUT2D eigenvalue weighted by Gasteiger charge is -2.32. The van der Waals surface area contributed by atoms with Gasteiger partial charge in [0.1, 0.15) is 0 Å². The smallest absolute Gasteiger partial charge is 0.222 e. The maximum absolute atomic E-state index is 12.5. The highest BCUT2D eigenvalue weighted by Crippen LogP contribution is 2.24. The Morgan fingerprint density at radius 1 is 1.12 bits per heavy atom. The van der Waals surface area contributed by atoms with Crippen LogP contribution in [-0.2, 0) is 14.3 Å². The summed E-state index contributed by atoms with van der Waals surface area (Å²) in [6, 6.07) is 7.85. The zero-order valence-electron chi connectivity index (χ0n) is 15.0. The second-order valence-electron chi connectivity index (χ2n) is 7.17. The Balaban J connectivity index is 1.46. The summed E-state index contributed by atoms with van der Waals surface area (Å²) >= 11 is 3.49. The molecular formula is C21H26BrNO3. The number of amides is 1. The summed E-state index contributed by atoms with van der Waals surface area (Å²) in [6.07, 6.45) is 7.68. The first kappa shape index (κ1) is 19.3. The van der Waals surface area contributed by atoms with Gasteiger partial charge in [-0.2, -0.15) is 0 Å². The standard InChI is InChI=1S/C21H26BrNO3/c22-19-4-2-1-3-17(19)5-6-20(24)18-7-11-23(12-8-18)21(25)15-16-9-13-26-14-10-16/h1-6,16,18H,7-15H2/b6-5+. The predicted octanol–water partition coefficient (Wildman–Crippen LogP) is 4.09. The van der Waals surface area contributed by atoms with Crippen molar-refractivity contribution in [3.8, 4) is 0 Å². The first-order valence-corrected chi connectivity index (χ1v) is 10.2. The number of carbonyl (C=O) groups is 2. The van der Waals surface area contributed by atoms with E-state index in [1.807, 2.05) is 35.2 Å². The quantitative estimate of drug-likeness (QED) is 0.675. The average molecular weight is 420 g/mol. The summed E-state index contributed by atoms with van der Waals surface area (Å²) in [5.74, 6) is 0.896. The van der Waals surface area contributed by atoms with E-state index in [0.29, 0.717) is 25.4 Å². The first-order valence-electron chi connectivity index (χ1n) is 9.45. The highest BCUT2D eigenvalue weighted by molar-refractivity contribution is 9.10. The molecule has 1 aromatic carbocycles. The van der Waals surface area contributed by atoms with Gasteiger partial charge in [-0.15, -0.1) is 0 Å². The topological polar surface area (TPSA) is 46.6 Å². The van der Waals surface area contributed by atoms with Crippen molar-refractivity contribution in [2.24, 2.45) is 11.8 Å². The molecule has 0 bridgehead atoms. The number of carbonyl (C=O) groups excluding carboxylic acids is 2. The third-order valence-corrected chi connectivity index (χ3v) is 6.11. The molecule has 2 fully saturated rings. The maximum Gasteiger partial charge on any atom is 0.222 e. The number of likely N-dealkylation sites (tertiary alicyclic amines) is 1. The van der Waals surface area contributed by atoms with Crippen LogP contribution in [0, 0.1) is 11.8 Å². The minimum Gasteiger partial charge on any atom is -0.381 e. The number of hydrogen-bond donors (Lipinski definition) is 0. The molecule has 1 amide bonds. The van der Waals surface area contributed by atoms with Gasteiger partial charge in [-0.1, -0.05) is 40.2 Å². The Morgan fingerprint density at radius 3 is 2.50 bits per heavy atom. The molecular weight excluding hydrogens is 394 g/mol. The highest BCUT2D eigenvalue weighted by atomic mass is 79.9. The Hall–Kier alpha value is -1.46. The minimum absolute atomic E-state index is 0.0286. The second-order valence-corrected chi connectivity index (χ2v) is 8.03. The molecule has 140 valence electrons. The fraction of sp³-hybridized carbons (Fsp3) is 0.524. The van der Waals surface area contributed by atoms with Gasteiger partial charge in [0.05, 0.1) is 0 Å². The number of hydrogen-bond acceptors (Lipinski definition) is 3. The molecule has 2 saturated heterocycles. The molecule has 5 heteroatoms. The number of nitrogens with zero attached hydrogens (tertiary/aromatic N) is 1. The van der Waals surface area contributed by atoms with Crippen LogP contribution in [0.3, 0.4) is 0 Å². The van der Waals surface area contributed by atoms with Crippen molar-refractivity contribution in [3.63, 3.8) is 0 Å². The normalized spacial score (nSPS) is 19.8. The second kappa shape index (κ2) is 9.47. The van der Waals surface area contributed by atoms with Gasteiger partial charge >= 0.3 is 0 Å². The highest BCUT2D eigenvalue weighted by Gasteiger charge is 2.27. The summed E-state index contributed by atoms with van der Waals surface area (Å²) < 4.78 is 6.34. The Labute approximate surface area is 163 Å². The van der Waals surface area contributed by atoms with Gasteiger partial charge in [-0.25, -0.2) is 0 Å². The van der Waals surface area contributed by atoms with Crippen molar-refractivity contribution in [3.05, 3.63) is 40.4 Å². The van der Waals surface area contributed by atoms with Crippen LogP contribution in [0.4, 0.5) is 0 Å². The molecule has 1 aromatic rings. The number of ketones is 1. The van der Waals surface area contributed by atoms with Crippen LogP contribution in [0.25, 0.3) is 6.08 Å². The predicted molar refractivity (Wildman–Crippen MR) is 106 cm³/mol. The maximum atomic E-state index is 12.5. The Bertz CT molecular complexity index is 659. The van der Waals surface area contributed by atoms with E-state index >= 15 is 0 Å². The van der Waals surface area contributed by atoms with E-state index in [0.717, 1.165) is 48.9 Å². The minimum atomic E-state index is 0.0286. The number of benzene rings is 1. The van der Waals surface area contributed by atoms with Crippen molar-refractivity contribution >= 4 is 33.7 Å². The summed E-state index contributed by atoms with van der Waals surface area (Å²) in [7, 11) is 0. The fourth-order valence-corrected chi connectivity index (χ4v) is 4.08. The van der Waals surface area contributed by atoms with E-state index in [1.54, 1.807) is 6.08 Å². The van der Waals surface area contributed by atoms with Crippen LogP contribution in [0.15, 0.2) is 34.8 Å². The lowest BCUT2D eigenvalue weighted by atomic mass is 9.90. The molecule has 0 saturated carbocycles. The van der Waals surface area contributed by atoms with Crippen LogP contribution in [0.1, 0.15) is 37.7 Å². The lowest BCUT2D eigenvalue weighted by Crippen LogP contribution is -2.41. The van der Waals surface area contributed by atoms with Crippen molar-refractivity contribution in [1.29, 1.82) is 0 Å². The van der Waals surface area contributed by atoms with Crippen LogP contribution in [-0.4, -0.2) is 42.9 Å². The van der Waals surface area contributed by atoms with Gasteiger partial charge in [-0.3, -0.25) is 9.59 Å². The van der Waals surface area contributed by atoms with E-state index in [4.69, 9.17) is 4.74 Å². The third-order valence-electron chi connectivity index (χ3n) is 5.39. The molecule has 4 nitrogen and oxygen atoms in total. The first-order chi connectivity index (χ1) is 12.6. The molecule has 2 aliphatic heterocycles. The van der Waals surface area contributed by atoms with Gasteiger partial charge in [-0.05, 0) is 49.3 Å². The molecule has 0 aromatic heterocycles. The third kappa shape index (κ3) is 5.27. The molecule has 0 radical (unpaired) electrons. The van der Waals surface area contributed by atoms with Gasteiger partial charge < -0.3 is 9.64 Å². The number of piperidine rings is 1. The fourth-order valence-electron chi connectivity index (χ4n) is 3.66. The van der Waals surface area contributed by atoms with E-state index in [9.17, 15) is 9.59 Å². The molecule has 2 heterocycles. The molecule has 0 N–H and O–H groups in total. The van der Waals surface area contributed by atoms with E-state index < -0.39 is 0 Å². The summed E-state index contributed by atoms with van der Waals surface area (Å²) in [5, 5.41) is 0. The van der Waals surface area contributed by atoms with Crippen molar-refractivity contribution in [2.45, 2.75) is 32.1 Å². The Morgan fingerprint density at radius 2 is 1.81 bits per heavy atom. The summed E-state index contributed by atoms with van der Waals surface area (Å²) in [6.45, 7) is 2.94. The van der Waals surface area contributed by atoms with Gasteiger partial charge in [0.2, 0.25) is 5.91 Å². The van der Waals surface area contributed by atoms with Crippen LogP contribution >= 0.6 is 15.9 Å². The van der Waals surface area contributed by atoms with Crippen molar-refractivity contribution in [1.82, 2.24) is 4.90 Å². The molecule has 0 atom stereocenters. The zero-order valence-corrected chi connectivity index (χ0v) is 16.6. The average Bonchev–Trinajstić information content (AvgIpc) is 2.68. The number of ether oxygens (including phenoxy) is 1. The van der Waals surface area contributed by atoms with Crippen molar-refractivity contribution < 1.29 is 14.3 Å². The summed E-state index contributed by atoms with van der Waals surface area (Å²) in [4.78, 5) is 26.9. The molecule has 2 aliphatic rings. The van der Waals surface area contributed by atoms with E-state index in [2.05, 4.69) is 15.9 Å². The Kier molecular flexibility index (Phi) is 7.03. The molecule has 0 aliphatic carbocycles. The lowest BCUT2D eigenvalue weighted by molar-refractivity contribution is -0.135. The number of rotatable bonds is 5. The van der Waals surface area contributed by atoms with Gasteiger partial charge in [0.25, 0.3) is 0 Å².